The Hall–Kier alpha value is -1.58. The standard InChI is InChI=1S/C14H18FNO2/c1-11(17)16-8-2-3-12(9-16)10-18-14-6-4-13(15)5-7-14/h4-7,12H,2-3,8-10H2,1H3/t12-/m0/s1. The molecule has 18 heavy (non-hydrogen) atoms. The fourth-order valence-electron chi connectivity index (χ4n) is 2.23. The summed E-state index contributed by atoms with van der Waals surface area (Å²) in [5, 5.41) is 0. The first-order valence-corrected chi connectivity index (χ1v) is 6.29. The molecule has 0 saturated carbocycles. The molecule has 1 amide bonds. The van der Waals surface area contributed by atoms with Crippen molar-refractivity contribution in [3.8, 4) is 5.75 Å². The number of amides is 1. The second kappa shape index (κ2) is 5.85. The maximum Gasteiger partial charge on any atom is 0.219 e. The van der Waals surface area contributed by atoms with Gasteiger partial charge >= 0.3 is 0 Å². The van der Waals surface area contributed by atoms with Crippen LogP contribution in [0.2, 0.25) is 0 Å². The first kappa shape index (κ1) is 12.9. The molecule has 1 heterocycles. The Morgan fingerprint density at radius 1 is 1.44 bits per heavy atom. The van der Waals surface area contributed by atoms with Crippen LogP contribution in [0.5, 0.6) is 5.75 Å². The number of halogens is 1. The monoisotopic (exact) mass is 251 g/mol. The van der Waals surface area contributed by atoms with Crippen molar-refractivity contribution in [2.75, 3.05) is 19.7 Å². The van der Waals surface area contributed by atoms with Crippen LogP contribution >= 0.6 is 0 Å². The molecule has 1 aromatic rings. The molecule has 1 fully saturated rings. The number of likely N-dealkylation sites (tertiary alicyclic amines) is 1. The molecule has 98 valence electrons. The summed E-state index contributed by atoms with van der Waals surface area (Å²) in [6.45, 7) is 3.79. The van der Waals surface area contributed by atoms with Gasteiger partial charge in [-0.15, -0.1) is 0 Å². The quantitative estimate of drug-likeness (QED) is 0.826. The van der Waals surface area contributed by atoms with E-state index in [2.05, 4.69) is 0 Å². The second-order valence-corrected chi connectivity index (χ2v) is 4.74. The van der Waals surface area contributed by atoms with E-state index in [4.69, 9.17) is 4.74 Å². The molecule has 1 saturated heterocycles. The summed E-state index contributed by atoms with van der Waals surface area (Å²) in [4.78, 5) is 13.2. The second-order valence-electron chi connectivity index (χ2n) is 4.74. The van der Waals surface area contributed by atoms with Crippen LogP contribution in [0, 0.1) is 11.7 Å². The lowest BCUT2D eigenvalue weighted by Crippen LogP contribution is -2.40. The number of ether oxygens (including phenoxy) is 1. The zero-order valence-corrected chi connectivity index (χ0v) is 10.6. The zero-order chi connectivity index (χ0) is 13.0. The predicted octanol–water partition coefficient (Wildman–Crippen LogP) is 2.46. The lowest BCUT2D eigenvalue weighted by atomic mass is 9.99. The van der Waals surface area contributed by atoms with E-state index in [9.17, 15) is 9.18 Å². The number of benzene rings is 1. The molecule has 1 aliphatic heterocycles. The molecule has 2 rings (SSSR count). The van der Waals surface area contributed by atoms with Crippen LogP contribution in [0.1, 0.15) is 19.8 Å². The predicted molar refractivity (Wildman–Crippen MR) is 66.9 cm³/mol. The van der Waals surface area contributed by atoms with Gasteiger partial charge in [0, 0.05) is 25.9 Å². The van der Waals surface area contributed by atoms with Crippen molar-refractivity contribution in [2.24, 2.45) is 5.92 Å². The summed E-state index contributed by atoms with van der Waals surface area (Å²) in [7, 11) is 0. The smallest absolute Gasteiger partial charge is 0.219 e. The average Bonchev–Trinajstić information content (AvgIpc) is 2.38. The van der Waals surface area contributed by atoms with Crippen LogP contribution in [-0.2, 0) is 4.79 Å². The average molecular weight is 251 g/mol. The number of carbonyl (C=O) groups excluding carboxylic acids is 1. The fraction of sp³-hybridized carbons (Fsp3) is 0.500. The molecule has 1 aromatic carbocycles. The van der Waals surface area contributed by atoms with Crippen molar-refractivity contribution in [3.63, 3.8) is 0 Å². The highest BCUT2D eigenvalue weighted by atomic mass is 19.1. The van der Waals surface area contributed by atoms with Crippen LogP contribution < -0.4 is 4.74 Å². The highest BCUT2D eigenvalue weighted by Gasteiger charge is 2.21. The summed E-state index contributed by atoms with van der Waals surface area (Å²) < 4.78 is 18.3. The van der Waals surface area contributed by atoms with Gasteiger partial charge in [0.2, 0.25) is 5.91 Å². The Morgan fingerprint density at radius 3 is 2.83 bits per heavy atom. The maximum absolute atomic E-state index is 12.7. The van der Waals surface area contributed by atoms with Crippen LogP contribution in [0.25, 0.3) is 0 Å². The summed E-state index contributed by atoms with van der Waals surface area (Å²) in [5.74, 6) is 0.910. The van der Waals surface area contributed by atoms with Crippen LogP contribution in [0.15, 0.2) is 24.3 Å². The third kappa shape index (κ3) is 3.45. The molecule has 1 atom stereocenters. The maximum atomic E-state index is 12.7. The Kier molecular flexibility index (Phi) is 4.18. The minimum atomic E-state index is -0.261. The zero-order valence-electron chi connectivity index (χ0n) is 10.6. The molecule has 4 heteroatoms. The van der Waals surface area contributed by atoms with Crippen molar-refractivity contribution in [1.82, 2.24) is 4.90 Å². The summed E-state index contributed by atoms with van der Waals surface area (Å²) in [5.41, 5.74) is 0. The minimum absolute atomic E-state index is 0.126. The first-order valence-electron chi connectivity index (χ1n) is 6.29. The van der Waals surface area contributed by atoms with E-state index in [0.717, 1.165) is 25.9 Å². The SMILES string of the molecule is CC(=O)N1CCC[C@H](COc2ccc(F)cc2)C1. The van der Waals surface area contributed by atoms with E-state index in [0.29, 0.717) is 18.3 Å². The fourth-order valence-corrected chi connectivity index (χ4v) is 2.23. The molecular weight excluding hydrogens is 233 g/mol. The molecule has 0 N–H and O–H groups in total. The van der Waals surface area contributed by atoms with Gasteiger partial charge in [-0.05, 0) is 37.1 Å². The summed E-state index contributed by atoms with van der Waals surface area (Å²) in [6.07, 6.45) is 2.10. The third-order valence-electron chi connectivity index (χ3n) is 3.26. The minimum Gasteiger partial charge on any atom is -0.493 e. The Labute approximate surface area is 107 Å². The molecular formula is C14H18FNO2. The van der Waals surface area contributed by atoms with Crippen molar-refractivity contribution < 1.29 is 13.9 Å². The van der Waals surface area contributed by atoms with Gasteiger partial charge in [0.05, 0.1) is 6.61 Å². The Morgan fingerprint density at radius 2 is 2.17 bits per heavy atom. The topological polar surface area (TPSA) is 29.5 Å². The normalized spacial score (nSPS) is 19.7. The number of rotatable bonds is 3. The molecule has 0 unspecified atom stereocenters. The van der Waals surface area contributed by atoms with E-state index < -0.39 is 0 Å². The number of piperidine rings is 1. The van der Waals surface area contributed by atoms with Crippen molar-refractivity contribution in [3.05, 3.63) is 30.1 Å². The Balaban J connectivity index is 1.82. The van der Waals surface area contributed by atoms with Crippen molar-refractivity contribution in [2.45, 2.75) is 19.8 Å². The van der Waals surface area contributed by atoms with E-state index in [-0.39, 0.29) is 11.7 Å². The highest BCUT2D eigenvalue weighted by molar-refractivity contribution is 5.73. The van der Waals surface area contributed by atoms with Crippen molar-refractivity contribution >= 4 is 5.91 Å². The van der Waals surface area contributed by atoms with Gasteiger partial charge in [-0.3, -0.25) is 4.79 Å². The first-order chi connectivity index (χ1) is 8.65. The molecule has 0 aromatic heterocycles. The van der Waals surface area contributed by atoms with E-state index in [1.165, 1.54) is 12.1 Å². The van der Waals surface area contributed by atoms with Crippen LogP contribution in [0.4, 0.5) is 4.39 Å². The largest absolute Gasteiger partial charge is 0.493 e. The molecule has 0 aliphatic carbocycles. The van der Waals surface area contributed by atoms with Gasteiger partial charge in [0.15, 0.2) is 0 Å². The van der Waals surface area contributed by atoms with Gasteiger partial charge in [-0.25, -0.2) is 4.39 Å². The van der Waals surface area contributed by atoms with E-state index in [1.807, 2.05) is 4.90 Å². The number of hydrogen-bond donors (Lipinski definition) is 0. The lowest BCUT2D eigenvalue weighted by molar-refractivity contribution is -0.130. The van der Waals surface area contributed by atoms with E-state index >= 15 is 0 Å². The van der Waals surface area contributed by atoms with Crippen LogP contribution in [0.3, 0.4) is 0 Å². The van der Waals surface area contributed by atoms with Gasteiger partial charge < -0.3 is 9.64 Å². The molecule has 0 bridgehead atoms. The number of carbonyl (C=O) groups is 1. The van der Waals surface area contributed by atoms with Gasteiger partial charge in [-0.1, -0.05) is 0 Å². The van der Waals surface area contributed by atoms with Gasteiger partial charge in [-0.2, -0.15) is 0 Å². The third-order valence-corrected chi connectivity index (χ3v) is 3.26. The molecule has 0 radical (unpaired) electrons. The van der Waals surface area contributed by atoms with Crippen molar-refractivity contribution in [1.29, 1.82) is 0 Å². The van der Waals surface area contributed by atoms with Gasteiger partial charge in [0.25, 0.3) is 0 Å². The van der Waals surface area contributed by atoms with Gasteiger partial charge in [0.1, 0.15) is 11.6 Å². The number of hydrogen-bond acceptors (Lipinski definition) is 2. The number of nitrogens with zero attached hydrogens (tertiary/aromatic N) is 1. The van der Waals surface area contributed by atoms with E-state index in [1.54, 1.807) is 19.1 Å². The molecule has 0 spiro atoms. The van der Waals surface area contributed by atoms with Crippen LogP contribution in [-0.4, -0.2) is 30.5 Å². The Bertz CT molecular complexity index is 405. The summed E-state index contributed by atoms with van der Waals surface area (Å²) in [6, 6.07) is 6.03. The summed E-state index contributed by atoms with van der Waals surface area (Å²) >= 11 is 0. The molecule has 1 aliphatic rings. The highest BCUT2D eigenvalue weighted by Crippen LogP contribution is 2.19. The lowest BCUT2D eigenvalue weighted by Gasteiger charge is -2.31. The molecule has 3 nitrogen and oxygen atoms in total.